The third-order valence-corrected chi connectivity index (χ3v) is 4.95. The normalized spacial score (nSPS) is 13.7. The molecule has 118 valence electrons. The molecule has 7 heteroatoms. The van der Waals surface area contributed by atoms with Gasteiger partial charge in [-0.1, -0.05) is 0 Å². The zero-order valence-corrected chi connectivity index (χ0v) is 14.7. The lowest BCUT2D eigenvalue weighted by atomic mass is 9.99. The molecule has 1 atom stereocenters. The van der Waals surface area contributed by atoms with E-state index >= 15 is 0 Å². The molecule has 2 rings (SSSR count). The van der Waals surface area contributed by atoms with Crippen molar-refractivity contribution >= 4 is 49.1 Å². The number of Topliss-reactive ketones (excluding diaryl/α,β-unsaturated/α-hetero) is 1. The third-order valence-electron chi connectivity index (χ3n) is 3.20. The second kappa shape index (κ2) is 6.36. The van der Waals surface area contributed by atoms with Crippen molar-refractivity contribution in [2.45, 2.75) is 18.9 Å². The highest BCUT2D eigenvalue weighted by molar-refractivity contribution is 9.10. The molecule has 1 N–H and O–H groups in total. The highest BCUT2D eigenvalue weighted by atomic mass is 79.9. The van der Waals surface area contributed by atoms with Gasteiger partial charge in [0.25, 0.3) is 0 Å². The highest BCUT2D eigenvalue weighted by Gasteiger charge is 2.34. The number of carbonyl (C=O) groups excluding carboxylic acids is 2. The Balaban J connectivity index is 2.31. The van der Waals surface area contributed by atoms with E-state index < -0.39 is 11.6 Å². The van der Waals surface area contributed by atoms with Gasteiger partial charge < -0.3 is 14.6 Å². The first kappa shape index (κ1) is 16.9. The summed E-state index contributed by atoms with van der Waals surface area (Å²) in [7, 11) is 2.74. The lowest BCUT2D eigenvalue weighted by molar-refractivity contribution is -0.160. The topological polar surface area (TPSA) is 72.8 Å². The number of ketones is 1. The smallest absolute Gasteiger partial charge is 0.338 e. The minimum atomic E-state index is -1.83. The molecule has 0 saturated carbocycles. The molecule has 0 unspecified atom stereocenters. The van der Waals surface area contributed by atoms with E-state index in [4.69, 9.17) is 4.74 Å². The summed E-state index contributed by atoms with van der Waals surface area (Å²) in [6.07, 6.45) is -0.329. The molecule has 1 heterocycles. The Hall–Kier alpha value is -1.44. The number of fused-ring (bicyclic) bond motifs is 1. The Morgan fingerprint density at radius 1 is 1.32 bits per heavy atom. The average Bonchev–Trinajstić information content (AvgIpc) is 2.87. The minimum absolute atomic E-state index is 0.313. The predicted octanol–water partition coefficient (Wildman–Crippen LogP) is 3.17. The monoisotopic (exact) mass is 386 g/mol. The number of thiophene rings is 1. The van der Waals surface area contributed by atoms with Crippen molar-refractivity contribution in [1.29, 1.82) is 0 Å². The van der Waals surface area contributed by atoms with Crippen LogP contribution < -0.4 is 4.74 Å². The number of hydrogen-bond acceptors (Lipinski definition) is 6. The lowest BCUT2D eigenvalue weighted by Gasteiger charge is -2.18. The van der Waals surface area contributed by atoms with Crippen LogP contribution in [0.5, 0.6) is 5.75 Å². The highest BCUT2D eigenvalue weighted by Crippen LogP contribution is 2.35. The fraction of sp³-hybridized carbons (Fsp3) is 0.333. The second-order valence-electron chi connectivity index (χ2n) is 5.00. The maximum Gasteiger partial charge on any atom is 0.338 e. The van der Waals surface area contributed by atoms with Crippen LogP contribution in [0.1, 0.15) is 23.0 Å². The molecule has 0 fully saturated rings. The number of ether oxygens (including phenoxy) is 2. The van der Waals surface area contributed by atoms with Crippen molar-refractivity contribution in [2.75, 3.05) is 14.2 Å². The first-order valence-electron chi connectivity index (χ1n) is 6.39. The molecule has 0 amide bonds. The quantitative estimate of drug-likeness (QED) is 0.630. The Morgan fingerprint density at radius 3 is 2.59 bits per heavy atom. The van der Waals surface area contributed by atoms with Crippen molar-refractivity contribution in [3.63, 3.8) is 0 Å². The fourth-order valence-electron chi connectivity index (χ4n) is 2.03. The molecule has 5 nitrogen and oxygen atoms in total. The molecule has 0 aliphatic rings. The van der Waals surface area contributed by atoms with Gasteiger partial charge in [0.05, 0.1) is 30.0 Å². The molecular weight excluding hydrogens is 372 g/mol. The number of benzene rings is 1. The Labute approximate surface area is 140 Å². The van der Waals surface area contributed by atoms with Gasteiger partial charge in [-0.05, 0) is 46.4 Å². The van der Waals surface area contributed by atoms with Crippen molar-refractivity contribution in [3.8, 4) is 5.75 Å². The van der Waals surface area contributed by atoms with Gasteiger partial charge in [0.15, 0.2) is 11.4 Å². The zero-order valence-electron chi connectivity index (χ0n) is 12.3. The lowest BCUT2D eigenvalue weighted by Crippen LogP contribution is -2.38. The number of hydrogen-bond donors (Lipinski definition) is 1. The van der Waals surface area contributed by atoms with E-state index in [2.05, 4.69) is 20.7 Å². The summed E-state index contributed by atoms with van der Waals surface area (Å²) < 4.78 is 11.4. The van der Waals surface area contributed by atoms with E-state index in [9.17, 15) is 14.7 Å². The molecule has 0 bridgehead atoms. The molecule has 1 aromatic heterocycles. The van der Waals surface area contributed by atoms with Gasteiger partial charge in [-0.15, -0.1) is 11.3 Å². The first-order valence-corrected chi connectivity index (χ1v) is 8.00. The van der Waals surface area contributed by atoms with Crippen molar-refractivity contribution < 1.29 is 24.2 Å². The van der Waals surface area contributed by atoms with Crippen LogP contribution in [-0.2, 0) is 9.53 Å². The summed E-state index contributed by atoms with van der Waals surface area (Å²) in [6, 6.07) is 5.42. The molecule has 0 saturated heterocycles. The van der Waals surface area contributed by atoms with E-state index in [0.29, 0.717) is 10.6 Å². The van der Waals surface area contributed by atoms with E-state index in [-0.39, 0.29) is 12.2 Å². The number of carbonyl (C=O) groups is 2. The zero-order chi connectivity index (χ0) is 16.5. The maximum absolute atomic E-state index is 12.3. The van der Waals surface area contributed by atoms with Crippen LogP contribution in [0.2, 0.25) is 0 Å². The van der Waals surface area contributed by atoms with Crippen molar-refractivity contribution in [1.82, 2.24) is 0 Å². The van der Waals surface area contributed by atoms with Gasteiger partial charge in [0, 0.05) is 4.70 Å². The van der Waals surface area contributed by atoms with Crippen LogP contribution in [0, 0.1) is 0 Å². The third kappa shape index (κ3) is 3.31. The van der Waals surface area contributed by atoms with Crippen LogP contribution in [0.15, 0.2) is 22.7 Å². The van der Waals surface area contributed by atoms with Crippen LogP contribution >= 0.6 is 27.3 Å². The molecule has 0 spiro atoms. The molecule has 0 aliphatic carbocycles. The number of aliphatic hydroxyl groups is 1. The molecule has 0 radical (unpaired) electrons. The van der Waals surface area contributed by atoms with Crippen LogP contribution in [0.3, 0.4) is 0 Å². The maximum atomic E-state index is 12.3. The van der Waals surface area contributed by atoms with Crippen LogP contribution in [0.25, 0.3) is 10.1 Å². The molecular formula is C15H15BrO5S. The van der Waals surface area contributed by atoms with Gasteiger partial charge in [0.1, 0.15) is 5.75 Å². The number of halogens is 1. The van der Waals surface area contributed by atoms with E-state index in [0.717, 1.165) is 14.6 Å². The molecule has 1 aromatic carbocycles. The van der Waals surface area contributed by atoms with E-state index in [1.54, 1.807) is 13.2 Å². The Kier molecular flexibility index (Phi) is 4.89. The standard InChI is InChI=1S/C15H15BrO5S/c1-15(19,14(18)21-3)7-10(17)13-5-8-4-11(20-2)9(16)6-12(8)22-13/h4-6,19H,7H2,1-3H3/t15-/m0/s1. The molecule has 22 heavy (non-hydrogen) atoms. The molecule has 2 aromatic rings. The fourth-order valence-corrected chi connectivity index (χ4v) is 3.70. The van der Waals surface area contributed by atoms with Gasteiger partial charge in [-0.3, -0.25) is 4.79 Å². The SMILES string of the molecule is COC(=O)[C@@](C)(O)CC(=O)c1cc2cc(OC)c(Br)cc2s1. The van der Waals surface area contributed by atoms with Gasteiger partial charge in [-0.2, -0.15) is 0 Å². The van der Waals surface area contributed by atoms with E-state index in [1.807, 2.05) is 12.1 Å². The average molecular weight is 387 g/mol. The van der Waals surface area contributed by atoms with Gasteiger partial charge in [-0.25, -0.2) is 4.79 Å². The van der Waals surface area contributed by atoms with Crippen molar-refractivity contribution in [3.05, 3.63) is 27.5 Å². The largest absolute Gasteiger partial charge is 0.496 e. The predicted molar refractivity (Wildman–Crippen MR) is 87.7 cm³/mol. The van der Waals surface area contributed by atoms with E-state index in [1.165, 1.54) is 25.4 Å². The summed E-state index contributed by atoms with van der Waals surface area (Å²) in [5.74, 6) is -0.469. The first-order chi connectivity index (χ1) is 10.3. The Bertz CT molecular complexity index is 735. The summed E-state index contributed by atoms with van der Waals surface area (Å²) >= 11 is 4.70. The van der Waals surface area contributed by atoms with Gasteiger partial charge >= 0.3 is 5.97 Å². The summed E-state index contributed by atoms with van der Waals surface area (Å²) in [5.41, 5.74) is -1.83. The Morgan fingerprint density at radius 2 is 2.00 bits per heavy atom. The minimum Gasteiger partial charge on any atom is -0.496 e. The number of rotatable bonds is 5. The molecule has 0 aliphatic heterocycles. The number of methoxy groups -OCH3 is 2. The summed E-state index contributed by atoms with van der Waals surface area (Å²) in [4.78, 5) is 24.2. The van der Waals surface area contributed by atoms with Crippen molar-refractivity contribution in [2.24, 2.45) is 0 Å². The van der Waals surface area contributed by atoms with Crippen LogP contribution in [0.4, 0.5) is 0 Å². The van der Waals surface area contributed by atoms with Gasteiger partial charge in [0.2, 0.25) is 0 Å². The second-order valence-corrected chi connectivity index (χ2v) is 6.94. The summed E-state index contributed by atoms with van der Waals surface area (Å²) in [5, 5.41) is 10.9. The van der Waals surface area contributed by atoms with Crippen LogP contribution in [-0.4, -0.2) is 36.7 Å². The number of esters is 1. The summed E-state index contributed by atoms with van der Waals surface area (Å²) in [6.45, 7) is 1.27.